The molecule has 6 nitrogen and oxygen atoms in total. The smallest absolute Gasteiger partial charge is 0.547 e. The molecule has 2 atom stereocenters. The first-order chi connectivity index (χ1) is 4.46. The van der Waals surface area contributed by atoms with Crippen LogP contribution in [0, 0.1) is 35.6 Å². The zero-order valence-electron chi connectivity index (χ0n) is 6.47. The summed E-state index contributed by atoms with van der Waals surface area (Å²) in [4.78, 5) is 19.3. The standard InChI is InChI=1S/C4H6O6.Ba.La.Ti/c5-1(3(7)8)2(6)4(9)10;;;/h1-2,5-6H,(H,7,8)(H,9,10);;;/q;+2;+3;+4/p-2. The number of hydrogen-bond donors (Lipinski definition) is 2. The van der Waals surface area contributed by atoms with Crippen molar-refractivity contribution >= 4 is 60.8 Å². The Morgan fingerprint density at radius 2 is 1.15 bits per heavy atom. The summed E-state index contributed by atoms with van der Waals surface area (Å²) in [6, 6.07) is 0. The van der Waals surface area contributed by atoms with Crippen molar-refractivity contribution in [3.05, 3.63) is 0 Å². The number of carbonyl (C=O) groups is 2. The summed E-state index contributed by atoms with van der Waals surface area (Å²) in [5.41, 5.74) is 0. The van der Waals surface area contributed by atoms with E-state index >= 15 is 0 Å². The Labute approximate surface area is 157 Å². The Hall–Kier alpha value is 2.34. The predicted molar refractivity (Wildman–Crippen MR) is 27.8 cm³/mol. The van der Waals surface area contributed by atoms with Gasteiger partial charge in [0, 0.05) is 0 Å². The average Bonchev–Trinajstić information content (AvgIpc) is 1.84. The van der Waals surface area contributed by atoms with Crippen LogP contribution < -0.4 is 10.2 Å². The van der Waals surface area contributed by atoms with Gasteiger partial charge >= 0.3 is 106 Å². The van der Waals surface area contributed by atoms with Crippen molar-refractivity contribution in [2.45, 2.75) is 12.2 Å². The van der Waals surface area contributed by atoms with Gasteiger partial charge in [0.1, 0.15) is 12.2 Å². The minimum Gasteiger partial charge on any atom is -0.547 e. The Kier molecular flexibility index (Phi) is 23.4. The van der Waals surface area contributed by atoms with Crippen molar-refractivity contribution in [3.63, 3.8) is 0 Å². The predicted octanol–water partition coefficient (Wildman–Crippen LogP) is -5.18. The maximum absolute atomic E-state index is 9.63. The van der Waals surface area contributed by atoms with E-state index in [9.17, 15) is 19.8 Å². The molecule has 0 saturated heterocycles. The molecule has 0 aliphatic carbocycles. The van der Waals surface area contributed by atoms with Crippen molar-refractivity contribution in [2.24, 2.45) is 0 Å². The Bertz CT molecular complexity index is 149. The average molecular weight is 472 g/mol. The first-order valence-electron chi connectivity index (χ1n) is 2.24. The summed E-state index contributed by atoms with van der Waals surface area (Å²) in [5, 5.41) is 35.7. The van der Waals surface area contributed by atoms with Crippen LogP contribution in [-0.2, 0) is 31.3 Å². The first kappa shape index (κ1) is 24.5. The summed E-state index contributed by atoms with van der Waals surface area (Å²) in [6.07, 6.45) is -4.88. The van der Waals surface area contributed by atoms with Crippen LogP contribution in [0.25, 0.3) is 0 Å². The minimum absolute atomic E-state index is 0. The largest absolute Gasteiger partial charge is 4.00 e. The van der Waals surface area contributed by atoms with Crippen molar-refractivity contribution in [1.29, 1.82) is 0 Å². The molecule has 0 rings (SSSR count). The molecule has 0 bridgehead atoms. The molecule has 2 unspecified atom stereocenters. The van der Waals surface area contributed by atoms with Gasteiger partial charge in [-0.3, -0.25) is 0 Å². The van der Waals surface area contributed by atoms with E-state index in [0.717, 1.165) is 0 Å². The molecule has 0 spiro atoms. The quantitative estimate of drug-likeness (QED) is 0.397. The van der Waals surface area contributed by atoms with Crippen molar-refractivity contribution in [1.82, 2.24) is 0 Å². The molecule has 0 aromatic rings. The van der Waals surface area contributed by atoms with Crippen molar-refractivity contribution in [3.8, 4) is 0 Å². The van der Waals surface area contributed by atoms with Gasteiger partial charge < -0.3 is 30.0 Å². The number of carbonyl (C=O) groups excluding carboxylic acids is 2. The Morgan fingerprint density at radius 3 is 1.23 bits per heavy atom. The van der Waals surface area contributed by atoms with Gasteiger partial charge in [0.15, 0.2) is 0 Å². The number of aliphatic hydroxyl groups excluding tert-OH is 2. The summed E-state index contributed by atoms with van der Waals surface area (Å²) in [6.45, 7) is 0. The zero-order valence-corrected chi connectivity index (χ0v) is 16.1. The third-order valence-electron chi connectivity index (χ3n) is 0.782. The Morgan fingerprint density at radius 1 is 1.00 bits per heavy atom. The fourth-order valence-corrected chi connectivity index (χ4v) is 0.258. The number of carboxylic acid groups (broad SMARTS) is 2. The van der Waals surface area contributed by atoms with E-state index in [-0.39, 0.29) is 106 Å². The van der Waals surface area contributed by atoms with E-state index in [0.29, 0.717) is 0 Å². The van der Waals surface area contributed by atoms with Gasteiger partial charge in [-0.1, -0.05) is 0 Å². The van der Waals surface area contributed by atoms with Crippen LogP contribution in [0.15, 0.2) is 0 Å². The number of aliphatic carboxylic acids is 2. The van der Waals surface area contributed by atoms with E-state index in [2.05, 4.69) is 0 Å². The molecule has 0 aliphatic rings. The Balaban J connectivity index is -0.000000135. The van der Waals surface area contributed by atoms with E-state index in [1.54, 1.807) is 0 Å². The van der Waals surface area contributed by atoms with Crippen molar-refractivity contribution < 1.29 is 87.3 Å². The summed E-state index contributed by atoms with van der Waals surface area (Å²) >= 11 is 0. The molecule has 0 saturated carbocycles. The van der Waals surface area contributed by atoms with Crippen LogP contribution in [0.3, 0.4) is 0 Å². The molecule has 0 fully saturated rings. The third kappa shape index (κ3) is 10.6. The SMILES string of the molecule is O=C([O-])C(O)C(O)C(=O)[O-].[Ba+2].[La+3].[Ti+4]. The first-order valence-corrected chi connectivity index (χ1v) is 2.24. The molecule has 0 aromatic heterocycles. The van der Waals surface area contributed by atoms with Crippen LogP contribution in [0.4, 0.5) is 0 Å². The molecule has 13 heavy (non-hydrogen) atoms. The summed E-state index contributed by atoms with van der Waals surface area (Å²) < 4.78 is 0. The van der Waals surface area contributed by atoms with Crippen molar-refractivity contribution in [2.75, 3.05) is 0 Å². The molecule has 9 heteroatoms. The molecule has 0 heterocycles. The van der Waals surface area contributed by atoms with Crippen LogP contribution in [-0.4, -0.2) is 83.2 Å². The second kappa shape index (κ2) is 12.4. The summed E-state index contributed by atoms with van der Waals surface area (Å²) in [7, 11) is 0. The van der Waals surface area contributed by atoms with Gasteiger partial charge in [0.2, 0.25) is 0 Å². The van der Waals surface area contributed by atoms with Crippen LogP contribution in [0.5, 0.6) is 0 Å². The number of hydrogen-bond acceptors (Lipinski definition) is 6. The number of carboxylic acids is 2. The van der Waals surface area contributed by atoms with E-state index < -0.39 is 24.1 Å². The van der Waals surface area contributed by atoms with Crippen LogP contribution in [0.1, 0.15) is 0 Å². The van der Waals surface area contributed by atoms with E-state index in [1.165, 1.54) is 0 Å². The van der Waals surface area contributed by atoms with Gasteiger partial charge in [-0.05, 0) is 0 Å². The minimum atomic E-state index is -2.44. The normalized spacial score (nSPS) is 12.2. The third-order valence-corrected chi connectivity index (χ3v) is 0.782. The van der Waals surface area contributed by atoms with Gasteiger partial charge in [-0.15, -0.1) is 0 Å². The molecular formula is C4H4BaLaO6Ti+7. The summed E-state index contributed by atoms with van der Waals surface area (Å²) in [5.74, 6) is -4.12. The van der Waals surface area contributed by atoms with Gasteiger partial charge in [0.25, 0.3) is 0 Å². The van der Waals surface area contributed by atoms with Gasteiger partial charge in [-0.2, -0.15) is 0 Å². The zero-order chi connectivity index (χ0) is 8.31. The monoisotopic (exact) mass is 473 g/mol. The molecule has 2 N–H and O–H groups in total. The van der Waals surface area contributed by atoms with E-state index in [1.807, 2.05) is 0 Å². The maximum Gasteiger partial charge on any atom is 4.00 e. The van der Waals surface area contributed by atoms with Gasteiger partial charge in [0.05, 0.1) is 11.9 Å². The fraction of sp³-hybridized carbons (Fsp3) is 0.500. The van der Waals surface area contributed by atoms with Crippen LogP contribution in [0.2, 0.25) is 0 Å². The fourth-order valence-electron chi connectivity index (χ4n) is 0.258. The number of aliphatic hydroxyl groups is 2. The van der Waals surface area contributed by atoms with Crippen LogP contribution >= 0.6 is 0 Å². The molecular weight excluding hydrogens is 468 g/mol. The molecule has 58 valence electrons. The van der Waals surface area contributed by atoms with Gasteiger partial charge in [-0.25, -0.2) is 0 Å². The van der Waals surface area contributed by atoms with E-state index in [4.69, 9.17) is 10.2 Å². The molecule has 0 aromatic carbocycles. The second-order valence-electron chi connectivity index (χ2n) is 1.53. The second-order valence-corrected chi connectivity index (χ2v) is 1.53. The molecule has 0 aliphatic heterocycles. The topological polar surface area (TPSA) is 121 Å². The molecule has 0 amide bonds. The molecule has 0 radical (unpaired) electrons. The number of rotatable bonds is 3. The maximum atomic E-state index is 9.63.